The summed E-state index contributed by atoms with van der Waals surface area (Å²) >= 11 is 0. The average molecular weight is 251 g/mol. The van der Waals surface area contributed by atoms with E-state index in [1.165, 1.54) is 0 Å². The minimum atomic E-state index is -0.348. The third-order valence-corrected chi connectivity index (χ3v) is 2.70. The van der Waals surface area contributed by atoms with Crippen LogP contribution in [0.4, 0.5) is 5.69 Å². The summed E-state index contributed by atoms with van der Waals surface area (Å²) in [5.74, 6) is -0.348. The lowest BCUT2D eigenvalue weighted by molar-refractivity contribution is 0.0313. The third-order valence-electron chi connectivity index (χ3n) is 2.70. The van der Waals surface area contributed by atoms with Crippen molar-refractivity contribution < 1.29 is 14.3 Å². The topological polar surface area (TPSA) is 61.5 Å². The van der Waals surface area contributed by atoms with Crippen LogP contribution in [0.2, 0.25) is 0 Å². The fraction of sp³-hybridized carbons (Fsp3) is 0.500. The molecule has 0 aliphatic carbocycles. The maximum atomic E-state index is 11.8. The molecule has 0 amide bonds. The summed E-state index contributed by atoms with van der Waals surface area (Å²) in [7, 11) is 0. The van der Waals surface area contributed by atoms with Gasteiger partial charge < -0.3 is 15.2 Å². The first kappa shape index (κ1) is 14.5. The molecule has 0 saturated heterocycles. The van der Waals surface area contributed by atoms with E-state index in [2.05, 4.69) is 6.92 Å². The van der Waals surface area contributed by atoms with Crippen LogP contribution in [0, 0.1) is 6.92 Å². The van der Waals surface area contributed by atoms with E-state index < -0.39 is 0 Å². The molecule has 2 N–H and O–H groups in total. The van der Waals surface area contributed by atoms with Gasteiger partial charge in [-0.05, 0) is 31.0 Å². The Morgan fingerprint density at radius 2 is 2.06 bits per heavy atom. The highest BCUT2D eigenvalue weighted by molar-refractivity contribution is 5.92. The van der Waals surface area contributed by atoms with Crippen LogP contribution in [0.1, 0.15) is 35.7 Å². The van der Waals surface area contributed by atoms with Gasteiger partial charge >= 0.3 is 5.97 Å². The van der Waals surface area contributed by atoms with E-state index in [9.17, 15) is 4.79 Å². The zero-order valence-corrected chi connectivity index (χ0v) is 11.1. The summed E-state index contributed by atoms with van der Waals surface area (Å²) in [5, 5.41) is 0. The van der Waals surface area contributed by atoms with Gasteiger partial charge in [-0.15, -0.1) is 0 Å². The van der Waals surface area contributed by atoms with Crippen LogP contribution in [0.15, 0.2) is 18.2 Å². The van der Waals surface area contributed by atoms with Gasteiger partial charge in [-0.2, -0.15) is 0 Å². The highest BCUT2D eigenvalue weighted by Crippen LogP contribution is 2.16. The largest absolute Gasteiger partial charge is 0.460 e. The van der Waals surface area contributed by atoms with Gasteiger partial charge in [-0.1, -0.05) is 19.4 Å². The second-order valence-corrected chi connectivity index (χ2v) is 4.12. The highest BCUT2D eigenvalue weighted by Gasteiger charge is 2.11. The number of rotatable bonds is 7. The molecular formula is C14H21NO3. The second kappa shape index (κ2) is 7.71. The lowest BCUT2D eigenvalue weighted by Gasteiger charge is -2.09. The molecule has 4 nitrogen and oxygen atoms in total. The zero-order valence-electron chi connectivity index (χ0n) is 11.1. The Morgan fingerprint density at radius 3 is 2.78 bits per heavy atom. The second-order valence-electron chi connectivity index (χ2n) is 4.12. The van der Waals surface area contributed by atoms with Crippen LogP contribution in [0.5, 0.6) is 0 Å². The SMILES string of the molecule is CCCCOCCOC(=O)c1cccc(N)c1C. The molecule has 0 bridgehead atoms. The summed E-state index contributed by atoms with van der Waals surface area (Å²) in [5.41, 5.74) is 7.61. The molecule has 4 heteroatoms. The number of nitrogen functional groups attached to an aromatic ring is 1. The fourth-order valence-electron chi connectivity index (χ4n) is 1.49. The molecule has 0 aliphatic heterocycles. The number of hydrogen-bond acceptors (Lipinski definition) is 4. The summed E-state index contributed by atoms with van der Waals surface area (Å²) in [6.07, 6.45) is 2.13. The Kier molecular flexibility index (Phi) is 6.22. The number of benzene rings is 1. The van der Waals surface area contributed by atoms with Crippen molar-refractivity contribution in [3.8, 4) is 0 Å². The molecule has 1 aromatic carbocycles. The van der Waals surface area contributed by atoms with Gasteiger partial charge in [0, 0.05) is 12.3 Å². The third kappa shape index (κ3) is 4.37. The lowest BCUT2D eigenvalue weighted by Crippen LogP contribution is -2.13. The minimum absolute atomic E-state index is 0.275. The summed E-state index contributed by atoms with van der Waals surface area (Å²) in [6.45, 7) is 5.34. The molecule has 0 fully saturated rings. The van der Waals surface area contributed by atoms with Crippen LogP contribution in [0.25, 0.3) is 0 Å². The number of esters is 1. The van der Waals surface area contributed by atoms with E-state index in [4.69, 9.17) is 15.2 Å². The molecule has 1 aromatic rings. The summed E-state index contributed by atoms with van der Waals surface area (Å²) < 4.78 is 10.4. The molecule has 0 heterocycles. The van der Waals surface area contributed by atoms with Crippen molar-refractivity contribution in [2.75, 3.05) is 25.6 Å². The van der Waals surface area contributed by atoms with Crippen LogP contribution in [-0.4, -0.2) is 25.8 Å². The predicted molar refractivity (Wildman–Crippen MR) is 71.6 cm³/mol. The first-order valence-electron chi connectivity index (χ1n) is 6.26. The predicted octanol–water partition coefficient (Wildman–Crippen LogP) is 2.55. The monoisotopic (exact) mass is 251 g/mol. The van der Waals surface area contributed by atoms with Crippen molar-refractivity contribution in [1.82, 2.24) is 0 Å². The number of anilines is 1. The zero-order chi connectivity index (χ0) is 13.4. The minimum Gasteiger partial charge on any atom is -0.460 e. The van der Waals surface area contributed by atoms with Gasteiger partial charge in [0.1, 0.15) is 6.61 Å². The number of unbranched alkanes of at least 4 members (excludes halogenated alkanes) is 1. The van der Waals surface area contributed by atoms with E-state index in [1.54, 1.807) is 18.2 Å². The first-order valence-corrected chi connectivity index (χ1v) is 6.26. The Balaban J connectivity index is 2.35. The smallest absolute Gasteiger partial charge is 0.338 e. The molecular weight excluding hydrogens is 230 g/mol. The molecule has 0 aliphatic rings. The van der Waals surface area contributed by atoms with Crippen LogP contribution in [0.3, 0.4) is 0 Å². The van der Waals surface area contributed by atoms with E-state index in [-0.39, 0.29) is 12.6 Å². The van der Waals surface area contributed by atoms with Gasteiger partial charge in [0.2, 0.25) is 0 Å². The number of carbonyl (C=O) groups is 1. The van der Waals surface area contributed by atoms with E-state index in [0.717, 1.165) is 18.4 Å². The van der Waals surface area contributed by atoms with E-state index in [1.807, 2.05) is 6.92 Å². The quantitative estimate of drug-likeness (QED) is 0.459. The van der Waals surface area contributed by atoms with Gasteiger partial charge in [0.05, 0.1) is 12.2 Å². The van der Waals surface area contributed by atoms with Crippen molar-refractivity contribution >= 4 is 11.7 Å². The van der Waals surface area contributed by atoms with Crippen molar-refractivity contribution in [1.29, 1.82) is 0 Å². The Labute approximate surface area is 108 Å². The van der Waals surface area contributed by atoms with Crippen molar-refractivity contribution in [3.63, 3.8) is 0 Å². The molecule has 0 aromatic heterocycles. The molecule has 18 heavy (non-hydrogen) atoms. The van der Waals surface area contributed by atoms with Crippen LogP contribution >= 0.6 is 0 Å². The Hall–Kier alpha value is -1.55. The molecule has 100 valence electrons. The van der Waals surface area contributed by atoms with Crippen molar-refractivity contribution in [2.24, 2.45) is 0 Å². The Bertz CT molecular complexity index is 391. The summed E-state index contributed by atoms with van der Waals surface area (Å²) in [4.78, 5) is 11.8. The van der Waals surface area contributed by atoms with Crippen molar-refractivity contribution in [2.45, 2.75) is 26.7 Å². The van der Waals surface area contributed by atoms with Gasteiger partial charge in [0.15, 0.2) is 0 Å². The molecule has 0 saturated carbocycles. The van der Waals surface area contributed by atoms with Crippen molar-refractivity contribution in [3.05, 3.63) is 29.3 Å². The molecule has 0 spiro atoms. The van der Waals surface area contributed by atoms with E-state index in [0.29, 0.717) is 24.5 Å². The first-order chi connectivity index (χ1) is 8.66. The van der Waals surface area contributed by atoms with Crippen LogP contribution < -0.4 is 5.73 Å². The van der Waals surface area contributed by atoms with E-state index >= 15 is 0 Å². The maximum absolute atomic E-state index is 11.8. The number of nitrogens with two attached hydrogens (primary N) is 1. The lowest BCUT2D eigenvalue weighted by atomic mass is 10.1. The molecule has 0 radical (unpaired) electrons. The Morgan fingerprint density at radius 1 is 1.28 bits per heavy atom. The normalized spacial score (nSPS) is 10.3. The molecule has 0 unspecified atom stereocenters. The standard InChI is InChI=1S/C14H21NO3/c1-3-4-8-17-9-10-18-14(16)12-6-5-7-13(15)11(12)2/h5-7H,3-4,8-10,15H2,1-2H3. The summed E-state index contributed by atoms with van der Waals surface area (Å²) in [6, 6.07) is 5.22. The molecule has 1 rings (SSSR count). The number of hydrogen-bond donors (Lipinski definition) is 1. The molecule has 0 atom stereocenters. The number of carbonyl (C=O) groups excluding carboxylic acids is 1. The average Bonchev–Trinajstić information content (AvgIpc) is 2.36. The maximum Gasteiger partial charge on any atom is 0.338 e. The number of ether oxygens (including phenoxy) is 2. The highest BCUT2D eigenvalue weighted by atomic mass is 16.6. The van der Waals surface area contributed by atoms with Gasteiger partial charge in [0.25, 0.3) is 0 Å². The van der Waals surface area contributed by atoms with Crippen LogP contribution in [-0.2, 0) is 9.47 Å². The fourth-order valence-corrected chi connectivity index (χ4v) is 1.49. The van der Waals surface area contributed by atoms with Gasteiger partial charge in [-0.3, -0.25) is 0 Å². The van der Waals surface area contributed by atoms with Gasteiger partial charge in [-0.25, -0.2) is 4.79 Å².